The van der Waals surface area contributed by atoms with E-state index in [-0.39, 0.29) is 11.9 Å². The highest BCUT2D eigenvalue weighted by Crippen LogP contribution is 2.42. The SMILES string of the molecule is CC.Cc1ccc(N2C(=O)NC3(CC3)C2=O)c(C)c1. The summed E-state index contributed by atoms with van der Waals surface area (Å²) >= 11 is 0. The molecule has 1 N–H and O–H groups in total. The van der Waals surface area contributed by atoms with E-state index in [9.17, 15) is 9.59 Å². The minimum atomic E-state index is -0.575. The van der Waals surface area contributed by atoms with Crippen molar-refractivity contribution in [2.75, 3.05) is 4.90 Å². The molecule has 19 heavy (non-hydrogen) atoms. The quantitative estimate of drug-likeness (QED) is 0.789. The summed E-state index contributed by atoms with van der Waals surface area (Å²) in [6.07, 6.45) is 1.53. The highest BCUT2D eigenvalue weighted by molar-refractivity contribution is 6.24. The number of rotatable bonds is 1. The maximum atomic E-state index is 12.2. The third-order valence-corrected chi connectivity index (χ3v) is 3.50. The summed E-state index contributed by atoms with van der Waals surface area (Å²) in [7, 11) is 0. The Labute approximate surface area is 113 Å². The molecular formula is C15H20N2O2. The number of nitrogens with zero attached hydrogens (tertiary/aromatic N) is 1. The van der Waals surface area contributed by atoms with Gasteiger partial charge in [-0.05, 0) is 38.3 Å². The molecule has 102 valence electrons. The summed E-state index contributed by atoms with van der Waals surface area (Å²) in [4.78, 5) is 25.3. The van der Waals surface area contributed by atoms with Crippen LogP contribution in [0.1, 0.15) is 37.8 Å². The maximum absolute atomic E-state index is 12.2. The largest absolute Gasteiger partial charge is 0.329 e. The van der Waals surface area contributed by atoms with Gasteiger partial charge < -0.3 is 5.32 Å². The molecule has 1 saturated heterocycles. The van der Waals surface area contributed by atoms with E-state index >= 15 is 0 Å². The second-order valence-corrected chi connectivity index (χ2v) is 4.94. The summed E-state index contributed by atoms with van der Waals surface area (Å²) in [5.41, 5.74) is 2.20. The highest BCUT2D eigenvalue weighted by Gasteiger charge is 2.60. The number of urea groups is 1. The van der Waals surface area contributed by atoms with Crippen molar-refractivity contribution in [3.05, 3.63) is 29.3 Å². The van der Waals surface area contributed by atoms with Crippen LogP contribution in [0, 0.1) is 13.8 Å². The summed E-state index contributed by atoms with van der Waals surface area (Å²) in [5, 5.41) is 2.78. The van der Waals surface area contributed by atoms with Crippen molar-refractivity contribution in [3.8, 4) is 0 Å². The number of amides is 3. The van der Waals surface area contributed by atoms with Crippen LogP contribution in [0.15, 0.2) is 18.2 Å². The van der Waals surface area contributed by atoms with Crippen LogP contribution in [-0.2, 0) is 4.79 Å². The Kier molecular flexibility index (Phi) is 3.35. The van der Waals surface area contributed by atoms with Gasteiger partial charge in [0.15, 0.2) is 0 Å². The lowest BCUT2D eigenvalue weighted by atomic mass is 10.1. The molecule has 2 fully saturated rings. The van der Waals surface area contributed by atoms with Crippen LogP contribution in [0.3, 0.4) is 0 Å². The van der Waals surface area contributed by atoms with E-state index in [1.807, 2.05) is 45.9 Å². The van der Waals surface area contributed by atoms with Gasteiger partial charge in [-0.15, -0.1) is 0 Å². The molecule has 0 atom stereocenters. The molecule has 1 aromatic rings. The number of hydrogen-bond acceptors (Lipinski definition) is 2. The number of nitrogens with one attached hydrogen (secondary N) is 1. The number of hydrogen-bond donors (Lipinski definition) is 1. The van der Waals surface area contributed by atoms with Gasteiger partial charge in [-0.2, -0.15) is 0 Å². The topological polar surface area (TPSA) is 49.4 Å². The standard InChI is InChI=1S/C13H14N2O2.C2H6/c1-8-3-4-10(9(2)7-8)15-11(16)13(5-6-13)14-12(15)17;1-2/h3-4,7H,5-6H2,1-2H3,(H,14,17);1-2H3. The van der Waals surface area contributed by atoms with Gasteiger partial charge in [0.05, 0.1) is 5.69 Å². The number of carbonyl (C=O) groups excluding carboxylic acids is 2. The Bertz CT molecular complexity index is 533. The third-order valence-electron chi connectivity index (χ3n) is 3.50. The first kappa shape index (κ1) is 13.6. The minimum Gasteiger partial charge on any atom is -0.323 e. The molecular weight excluding hydrogens is 240 g/mol. The van der Waals surface area contributed by atoms with Crippen molar-refractivity contribution >= 4 is 17.6 Å². The van der Waals surface area contributed by atoms with Crippen LogP contribution in [-0.4, -0.2) is 17.5 Å². The zero-order chi connectivity index (χ0) is 14.2. The van der Waals surface area contributed by atoms with E-state index in [1.165, 1.54) is 4.90 Å². The normalized spacial score (nSPS) is 19.1. The minimum absolute atomic E-state index is 0.102. The van der Waals surface area contributed by atoms with Crippen LogP contribution < -0.4 is 10.2 Å². The Morgan fingerprint density at radius 2 is 1.79 bits per heavy atom. The van der Waals surface area contributed by atoms with Crippen molar-refractivity contribution < 1.29 is 9.59 Å². The van der Waals surface area contributed by atoms with Crippen LogP contribution in [0.2, 0.25) is 0 Å². The predicted molar refractivity (Wildman–Crippen MR) is 75.2 cm³/mol. The Morgan fingerprint density at radius 1 is 1.16 bits per heavy atom. The van der Waals surface area contributed by atoms with Crippen LogP contribution in [0.25, 0.3) is 0 Å². The van der Waals surface area contributed by atoms with Crippen molar-refractivity contribution in [1.29, 1.82) is 0 Å². The lowest BCUT2D eigenvalue weighted by Crippen LogP contribution is -2.32. The van der Waals surface area contributed by atoms with Crippen molar-refractivity contribution in [2.24, 2.45) is 0 Å². The van der Waals surface area contributed by atoms with E-state index in [1.54, 1.807) is 0 Å². The average molecular weight is 260 g/mol. The highest BCUT2D eigenvalue weighted by atomic mass is 16.2. The Morgan fingerprint density at radius 3 is 2.26 bits per heavy atom. The van der Waals surface area contributed by atoms with E-state index in [2.05, 4.69) is 5.32 Å². The molecule has 3 amide bonds. The van der Waals surface area contributed by atoms with Crippen LogP contribution in [0.5, 0.6) is 0 Å². The molecule has 0 unspecified atom stereocenters. The average Bonchev–Trinajstić information content (AvgIpc) is 3.10. The second-order valence-electron chi connectivity index (χ2n) is 4.94. The molecule has 4 heteroatoms. The van der Waals surface area contributed by atoms with Crippen molar-refractivity contribution in [3.63, 3.8) is 0 Å². The van der Waals surface area contributed by atoms with Gasteiger partial charge in [-0.3, -0.25) is 4.79 Å². The molecule has 1 aromatic carbocycles. The zero-order valence-electron chi connectivity index (χ0n) is 11.9. The van der Waals surface area contributed by atoms with Crippen molar-refractivity contribution in [2.45, 2.75) is 46.1 Å². The first-order valence-electron chi connectivity index (χ1n) is 6.77. The van der Waals surface area contributed by atoms with Gasteiger partial charge >= 0.3 is 6.03 Å². The van der Waals surface area contributed by atoms with Gasteiger partial charge in [0.1, 0.15) is 5.54 Å². The zero-order valence-corrected chi connectivity index (χ0v) is 11.9. The fraction of sp³-hybridized carbons (Fsp3) is 0.467. The molecule has 1 aliphatic carbocycles. The molecule has 0 aromatic heterocycles. The first-order chi connectivity index (χ1) is 9.03. The molecule has 4 nitrogen and oxygen atoms in total. The number of anilines is 1. The Balaban J connectivity index is 0.000000637. The van der Waals surface area contributed by atoms with Crippen LogP contribution >= 0.6 is 0 Å². The lowest BCUT2D eigenvalue weighted by Gasteiger charge is -2.16. The predicted octanol–water partition coefficient (Wildman–Crippen LogP) is 2.92. The third kappa shape index (κ3) is 2.11. The molecule has 1 spiro atoms. The van der Waals surface area contributed by atoms with Crippen molar-refractivity contribution in [1.82, 2.24) is 5.32 Å². The molecule has 1 saturated carbocycles. The molecule has 0 bridgehead atoms. The lowest BCUT2D eigenvalue weighted by molar-refractivity contribution is -0.119. The summed E-state index contributed by atoms with van der Waals surface area (Å²) in [5.74, 6) is -0.102. The fourth-order valence-electron chi connectivity index (χ4n) is 2.36. The van der Waals surface area contributed by atoms with E-state index in [4.69, 9.17) is 0 Å². The second kappa shape index (κ2) is 4.68. The van der Waals surface area contributed by atoms with Gasteiger partial charge in [0.2, 0.25) is 0 Å². The monoisotopic (exact) mass is 260 g/mol. The smallest absolute Gasteiger partial charge is 0.323 e. The number of carbonyl (C=O) groups is 2. The fourth-order valence-corrected chi connectivity index (χ4v) is 2.36. The van der Waals surface area contributed by atoms with E-state index in [0.29, 0.717) is 5.69 Å². The maximum Gasteiger partial charge on any atom is 0.329 e. The Hall–Kier alpha value is -1.84. The van der Waals surface area contributed by atoms with Gasteiger partial charge in [-0.1, -0.05) is 31.5 Å². The van der Waals surface area contributed by atoms with Gasteiger partial charge in [0.25, 0.3) is 5.91 Å². The van der Waals surface area contributed by atoms with E-state index in [0.717, 1.165) is 24.0 Å². The van der Waals surface area contributed by atoms with Crippen LogP contribution in [0.4, 0.5) is 10.5 Å². The summed E-state index contributed by atoms with van der Waals surface area (Å²) in [6, 6.07) is 5.44. The summed E-state index contributed by atoms with van der Waals surface area (Å²) in [6.45, 7) is 7.91. The van der Waals surface area contributed by atoms with Gasteiger partial charge in [0, 0.05) is 0 Å². The molecule has 0 radical (unpaired) electrons. The summed E-state index contributed by atoms with van der Waals surface area (Å²) < 4.78 is 0. The molecule has 3 rings (SSSR count). The molecule has 2 aliphatic rings. The molecule has 1 heterocycles. The number of benzene rings is 1. The molecule has 1 aliphatic heterocycles. The number of aryl methyl sites for hydroxylation is 2. The van der Waals surface area contributed by atoms with Gasteiger partial charge in [-0.25, -0.2) is 9.69 Å². The van der Waals surface area contributed by atoms with E-state index < -0.39 is 5.54 Å². The number of imide groups is 1. The first-order valence-corrected chi connectivity index (χ1v) is 6.77.